The molecule has 138 valence electrons. The highest BCUT2D eigenvalue weighted by Crippen LogP contribution is 2.27. The molecular weight excluding hydrogens is 344 g/mol. The van der Waals surface area contributed by atoms with Crippen molar-refractivity contribution in [2.75, 3.05) is 26.0 Å². The number of rotatable bonds is 7. The molecule has 0 radical (unpaired) electrons. The van der Waals surface area contributed by atoms with Crippen LogP contribution in [0.2, 0.25) is 0 Å². The molecule has 7 nitrogen and oxygen atoms in total. The number of sulfonamides is 1. The maximum atomic E-state index is 12.1. The van der Waals surface area contributed by atoms with Crippen LogP contribution in [0.15, 0.2) is 29.2 Å². The van der Waals surface area contributed by atoms with Crippen LogP contribution in [0.25, 0.3) is 0 Å². The minimum Gasteiger partial charge on any atom is -0.456 e. The molecule has 0 unspecified atom stereocenters. The third-order valence-electron chi connectivity index (χ3n) is 4.19. The molecule has 1 fully saturated rings. The van der Waals surface area contributed by atoms with E-state index in [1.807, 2.05) is 0 Å². The Kier molecular flexibility index (Phi) is 6.55. The number of amides is 1. The molecule has 25 heavy (non-hydrogen) atoms. The van der Waals surface area contributed by atoms with Crippen molar-refractivity contribution in [1.82, 2.24) is 4.31 Å². The first kappa shape index (κ1) is 19.4. The number of hydrogen-bond acceptors (Lipinski definition) is 5. The molecule has 0 spiro atoms. The summed E-state index contributed by atoms with van der Waals surface area (Å²) in [6.45, 7) is -0.379. The van der Waals surface area contributed by atoms with Gasteiger partial charge in [-0.05, 0) is 37.0 Å². The van der Waals surface area contributed by atoms with E-state index in [4.69, 9.17) is 4.74 Å². The van der Waals surface area contributed by atoms with Gasteiger partial charge in [-0.3, -0.25) is 9.59 Å². The predicted molar refractivity (Wildman–Crippen MR) is 93.5 cm³/mol. The van der Waals surface area contributed by atoms with Gasteiger partial charge in [0.2, 0.25) is 10.0 Å². The van der Waals surface area contributed by atoms with Gasteiger partial charge in [-0.2, -0.15) is 0 Å². The first-order chi connectivity index (χ1) is 11.8. The highest BCUT2D eigenvalue weighted by atomic mass is 32.2. The van der Waals surface area contributed by atoms with Crippen molar-refractivity contribution < 1.29 is 22.7 Å². The molecular formula is C17H24N2O5S. The first-order valence-electron chi connectivity index (χ1n) is 8.27. The van der Waals surface area contributed by atoms with E-state index in [2.05, 4.69) is 5.32 Å². The van der Waals surface area contributed by atoms with E-state index in [9.17, 15) is 18.0 Å². The zero-order valence-electron chi connectivity index (χ0n) is 14.5. The van der Waals surface area contributed by atoms with E-state index >= 15 is 0 Å². The lowest BCUT2D eigenvalue weighted by molar-refractivity contribution is -0.148. The summed E-state index contributed by atoms with van der Waals surface area (Å²) in [7, 11) is -0.708. The van der Waals surface area contributed by atoms with Crippen LogP contribution in [0.5, 0.6) is 0 Å². The Bertz CT molecular complexity index is 724. The number of nitrogens with zero attached hydrogens (tertiary/aromatic N) is 1. The summed E-state index contributed by atoms with van der Waals surface area (Å²) in [5.74, 6) is -0.506. The number of carbonyl (C=O) groups excluding carboxylic acids is 2. The number of nitrogens with one attached hydrogen (secondary N) is 1. The highest BCUT2D eigenvalue weighted by Gasteiger charge is 2.20. The molecule has 0 heterocycles. The van der Waals surface area contributed by atoms with Crippen LogP contribution in [-0.2, 0) is 24.3 Å². The summed E-state index contributed by atoms with van der Waals surface area (Å²) in [4.78, 5) is 23.7. The van der Waals surface area contributed by atoms with Crippen LogP contribution >= 0.6 is 0 Å². The summed E-state index contributed by atoms with van der Waals surface area (Å²) in [6, 6.07) is 5.94. The van der Waals surface area contributed by atoms with Crippen LogP contribution in [-0.4, -0.2) is 45.3 Å². The molecule has 0 aromatic heterocycles. The summed E-state index contributed by atoms with van der Waals surface area (Å²) in [5, 5.41) is 2.54. The Morgan fingerprint density at radius 2 is 1.92 bits per heavy atom. The summed E-state index contributed by atoms with van der Waals surface area (Å²) in [6.07, 6.45) is 4.71. The Morgan fingerprint density at radius 1 is 1.24 bits per heavy atom. The number of hydrogen-bond donors (Lipinski definition) is 1. The SMILES string of the molecule is CN(C)S(=O)(=O)c1cccc(NC(=O)COC(=O)CC2CCCC2)c1. The minimum absolute atomic E-state index is 0.0773. The standard InChI is InChI=1S/C17H24N2O5S/c1-19(2)25(22,23)15-9-5-8-14(11-15)18-16(20)12-24-17(21)10-13-6-3-4-7-13/h5,8-9,11,13H,3-4,6-7,10,12H2,1-2H3,(H,18,20). The van der Waals surface area contributed by atoms with Gasteiger partial charge in [0, 0.05) is 26.2 Å². The lowest BCUT2D eigenvalue weighted by atomic mass is 10.1. The molecule has 1 aliphatic rings. The largest absolute Gasteiger partial charge is 0.456 e. The summed E-state index contributed by atoms with van der Waals surface area (Å²) in [5.41, 5.74) is 0.333. The fourth-order valence-electron chi connectivity index (χ4n) is 2.80. The van der Waals surface area contributed by atoms with Gasteiger partial charge >= 0.3 is 5.97 Å². The molecule has 0 atom stereocenters. The van der Waals surface area contributed by atoms with Crippen LogP contribution in [0.3, 0.4) is 0 Å². The van der Waals surface area contributed by atoms with Crippen LogP contribution in [0, 0.1) is 5.92 Å². The van der Waals surface area contributed by atoms with Crippen LogP contribution < -0.4 is 5.32 Å². The second-order valence-corrected chi connectivity index (χ2v) is 8.53. The lowest BCUT2D eigenvalue weighted by Gasteiger charge is -2.13. The third-order valence-corrected chi connectivity index (χ3v) is 6.00. The Balaban J connectivity index is 1.87. The van der Waals surface area contributed by atoms with Gasteiger partial charge in [-0.15, -0.1) is 0 Å². The molecule has 1 aromatic carbocycles. The van der Waals surface area contributed by atoms with Crippen molar-refractivity contribution in [3.05, 3.63) is 24.3 Å². The van der Waals surface area contributed by atoms with Crippen molar-refractivity contribution in [3.63, 3.8) is 0 Å². The second kappa shape index (κ2) is 8.44. The number of benzene rings is 1. The fourth-order valence-corrected chi connectivity index (χ4v) is 3.75. The smallest absolute Gasteiger partial charge is 0.306 e. The molecule has 1 N–H and O–H groups in total. The van der Waals surface area contributed by atoms with Crippen LogP contribution in [0.1, 0.15) is 32.1 Å². The van der Waals surface area contributed by atoms with Crippen molar-refractivity contribution in [3.8, 4) is 0 Å². The number of ether oxygens (including phenoxy) is 1. The molecule has 2 rings (SSSR count). The van der Waals surface area contributed by atoms with E-state index < -0.39 is 15.9 Å². The van der Waals surface area contributed by atoms with Crippen molar-refractivity contribution in [2.24, 2.45) is 5.92 Å². The molecule has 1 aliphatic carbocycles. The molecule has 1 saturated carbocycles. The van der Waals surface area contributed by atoms with Gasteiger partial charge < -0.3 is 10.1 Å². The maximum absolute atomic E-state index is 12.1. The fraction of sp³-hybridized carbons (Fsp3) is 0.529. The van der Waals surface area contributed by atoms with Gasteiger partial charge in [0.15, 0.2) is 6.61 Å². The van der Waals surface area contributed by atoms with E-state index in [-0.39, 0.29) is 17.5 Å². The van der Waals surface area contributed by atoms with Crippen molar-refractivity contribution >= 4 is 27.6 Å². The summed E-state index contributed by atoms with van der Waals surface area (Å²) >= 11 is 0. The zero-order chi connectivity index (χ0) is 18.4. The molecule has 0 bridgehead atoms. The third kappa shape index (κ3) is 5.54. The van der Waals surface area contributed by atoms with E-state index in [1.54, 1.807) is 6.07 Å². The summed E-state index contributed by atoms with van der Waals surface area (Å²) < 4.78 is 30.3. The topological polar surface area (TPSA) is 92.8 Å². The minimum atomic E-state index is -3.58. The molecule has 0 saturated heterocycles. The van der Waals surface area contributed by atoms with Gasteiger partial charge in [0.25, 0.3) is 5.91 Å². The number of esters is 1. The normalized spacial score (nSPS) is 15.3. The Labute approximate surface area is 148 Å². The average Bonchev–Trinajstić information content (AvgIpc) is 3.06. The predicted octanol–water partition coefficient (Wildman–Crippen LogP) is 2.00. The zero-order valence-corrected chi connectivity index (χ0v) is 15.3. The number of carbonyl (C=O) groups is 2. The van der Waals surface area contributed by atoms with Crippen LogP contribution in [0.4, 0.5) is 5.69 Å². The first-order valence-corrected chi connectivity index (χ1v) is 9.71. The van der Waals surface area contributed by atoms with Crippen molar-refractivity contribution in [2.45, 2.75) is 37.0 Å². The van der Waals surface area contributed by atoms with Crippen molar-refractivity contribution in [1.29, 1.82) is 0 Å². The van der Waals surface area contributed by atoms with E-state index in [0.717, 1.165) is 30.0 Å². The van der Waals surface area contributed by atoms with Gasteiger partial charge in [0.05, 0.1) is 4.90 Å². The second-order valence-electron chi connectivity index (χ2n) is 6.38. The molecule has 0 aliphatic heterocycles. The average molecular weight is 368 g/mol. The Morgan fingerprint density at radius 3 is 2.56 bits per heavy atom. The van der Waals surface area contributed by atoms with E-state index in [0.29, 0.717) is 18.0 Å². The quantitative estimate of drug-likeness (QED) is 0.743. The lowest BCUT2D eigenvalue weighted by Crippen LogP contribution is -2.23. The van der Waals surface area contributed by atoms with Gasteiger partial charge in [-0.25, -0.2) is 12.7 Å². The molecule has 8 heteroatoms. The monoisotopic (exact) mass is 368 g/mol. The highest BCUT2D eigenvalue weighted by molar-refractivity contribution is 7.89. The number of anilines is 1. The maximum Gasteiger partial charge on any atom is 0.306 e. The molecule has 1 amide bonds. The Hall–Kier alpha value is -1.93. The van der Waals surface area contributed by atoms with Gasteiger partial charge in [-0.1, -0.05) is 18.9 Å². The van der Waals surface area contributed by atoms with E-state index in [1.165, 1.54) is 32.3 Å². The van der Waals surface area contributed by atoms with Gasteiger partial charge in [0.1, 0.15) is 0 Å². The molecule has 1 aromatic rings.